The lowest BCUT2D eigenvalue weighted by Crippen LogP contribution is -1.88. The average Bonchev–Trinajstić information content (AvgIpc) is 2.40. The predicted molar refractivity (Wildman–Crippen MR) is 69.6 cm³/mol. The average molecular weight is 261 g/mol. The molecule has 0 fully saturated rings. The van der Waals surface area contributed by atoms with Crippen molar-refractivity contribution in [2.75, 3.05) is 0 Å². The third-order valence-corrected chi connectivity index (χ3v) is 3.54. The summed E-state index contributed by atoms with van der Waals surface area (Å²) in [5, 5.41) is 19.7. The van der Waals surface area contributed by atoms with Crippen LogP contribution in [0.15, 0.2) is 58.3 Å². The summed E-state index contributed by atoms with van der Waals surface area (Å²) in [4.78, 5) is 12.0. The second kappa shape index (κ2) is 5.66. The van der Waals surface area contributed by atoms with E-state index in [9.17, 15) is 15.2 Å². The normalized spacial score (nSPS) is 10.3. The van der Waals surface area contributed by atoms with Gasteiger partial charge in [-0.2, -0.15) is 0 Å². The zero-order chi connectivity index (χ0) is 13.0. The first-order valence-corrected chi connectivity index (χ1v) is 6.13. The Bertz CT molecular complexity index is 554. The van der Waals surface area contributed by atoms with Crippen LogP contribution in [-0.4, -0.2) is 10.0 Å². The molecule has 4 nitrogen and oxygen atoms in total. The van der Waals surface area contributed by atoms with Gasteiger partial charge in [0.05, 0.1) is 11.5 Å². The third kappa shape index (κ3) is 2.88. The van der Waals surface area contributed by atoms with Crippen molar-refractivity contribution >= 4 is 17.4 Å². The van der Waals surface area contributed by atoms with Crippen LogP contribution < -0.4 is 0 Å². The van der Waals surface area contributed by atoms with Crippen LogP contribution in [0.1, 0.15) is 5.56 Å². The van der Waals surface area contributed by atoms with Gasteiger partial charge in [0.2, 0.25) is 0 Å². The van der Waals surface area contributed by atoms with E-state index in [1.54, 1.807) is 12.1 Å². The Labute approximate surface area is 108 Å². The third-order valence-electron chi connectivity index (χ3n) is 2.42. The summed E-state index contributed by atoms with van der Waals surface area (Å²) in [5.41, 5.74) is 0.927. The van der Waals surface area contributed by atoms with Crippen molar-refractivity contribution in [1.29, 1.82) is 0 Å². The number of benzene rings is 2. The molecule has 5 heteroatoms. The van der Waals surface area contributed by atoms with Gasteiger partial charge < -0.3 is 5.11 Å². The molecule has 0 aliphatic carbocycles. The maximum absolute atomic E-state index is 10.5. The molecule has 0 aliphatic rings. The van der Waals surface area contributed by atoms with Gasteiger partial charge in [-0.25, -0.2) is 0 Å². The number of aliphatic hydroxyl groups excluding tert-OH is 1. The summed E-state index contributed by atoms with van der Waals surface area (Å²) in [6.45, 7) is -0.0177. The fourth-order valence-electron chi connectivity index (χ4n) is 1.50. The number of aliphatic hydroxyl groups is 1. The zero-order valence-corrected chi connectivity index (χ0v) is 10.3. The van der Waals surface area contributed by atoms with Gasteiger partial charge in [0, 0.05) is 21.9 Å². The highest BCUT2D eigenvalue weighted by molar-refractivity contribution is 7.99. The minimum Gasteiger partial charge on any atom is -0.392 e. The van der Waals surface area contributed by atoms with E-state index in [1.807, 2.05) is 24.3 Å². The lowest BCUT2D eigenvalue weighted by atomic mass is 10.2. The summed E-state index contributed by atoms with van der Waals surface area (Å²) in [6.07, 6.45) is 0. The van der Waals surface area contributed by atoms with Crippen molar-refractivity contribution in [3.05, 3.63) is 64.2 Å². The highest BCUT2D eigenvalue weighted by Gasteiger charge is 2.06. The number of hydrogen-bond acceptors (Lipinski definition) is 4. The van der Waals surface area contributed by atoms with Crippen LogP contribution in [0.25, 0.3) is 0 Å². The van der Waals surface area contributed by atoms with E-state index in [1.165, 1.54) is 23.9 Å². The van der Waals surface area contributed by atoms with Gasteiger partial charge in [-0.15, -0.1) is 0 Å². The maximum Gasteiger partial charge on any atom is 0.269 e. The van der Waals surface area contributed by atoms with Crippen LogP contribution in [0, 0.1) is 10.1 Å². The highest BCUT2D eigenvalue weighted by atomic mass is 32.2. The van der Waals surface area contributed by atoms with Gasteiger partial charge >= 0.3 is 0 Å². The van der Waals surface area contributed by atoms with Crippen LogP contribution in [0.3, 0.4) is 0 Å². The van der Waals surface area contributed by atoms with Crippen molar-refractivity contribution in [2.45, 2.75) is 16.4 Å². The van der Waals surface area contributed by atoms with Crippen molar-refractivity contribution in [3.63, 3.8) is 0 Å². The van der Waals surface area contributed by atoms with Gasteiger partial charge in [0.25, 0.3) is 5.69 Å². The number of hydrogen-bond donors (Lipinski definition) is 1. The topological polar surface area (TPSA) is 63.4 Å². The summed E-state index contributed by atoms with van der Waals surface area (Å²) < 4.78 is 0. The monoisotopic (exact) mass is 261 g/mol. The van der Waals surface area contributed by atoms with Crippen LogP contribution in [0.4, 0.5) is 5.69 Å². The van der Waals surface area contributed by atoms with Gasteiger partial charge in [0.15, 0.2) is 0 Å². The Morgan fingerprint density at radius 1 is 1.11 bits per heavy atom. The van der Waals surface area contributed by atoms with Crippen molar-refractivity contribution < 1.29 is 10.0 Å². The largest absolute Gasteiger partial charge is 0.392 e. The summed E-state index contributed by atoms with van der Waals surface area (Å²) >= 11 is 1.48. The summed E-state index contributed by atoms with van der Waals surface area (Å²) in [5.74, 6) is 0. The molecule has 18 heavy (non-hydrogen) atoms. The lowest BCUT2D eigenvalue weighted by molar-refractivity contribution is -0.384. The fourth-order valence-corrected chi connectivity index (χ4v) is 2.43. The Kier molecular flexibility index (Phi) is 3.96. The van der Waals surface area contributed by atoms with Crippen molar-refractivity contribution in [2.24, 2.45) is 0 Å². The minimum atomic E-state index is -0.421. The molecule has 0 heterocycles. The fraction of sp³-hybridized carbons (Fsp3) is 0.0769. The van der Waals surface area contributed by atoms with E-state index in [4.69, 9.17) is 0 Å². The number of nitrogens with zero attached hydrogens (tertiary/aromatic N) is 1. The first kappa shape index (κ1) is 12.6. The number of non-ortho nitro benzene ring substituents is 1. The first-order valence-electron chi connectivity index (χ1n) is 5.32. The molecule has 2 rings (SSSR count). The quantitative estimate of drug-likeness (QED) is 0.678. The van der Waals surface area contributed by atoms with Gasteiger partial charge in [0.1, 0.15) is 0 Å². The summed E-state index contributed by atoms with van der Waals surface area (Å²) in [6, 6.07) is 13.9. The van der Waals surface area contributed by atoms with Crippen molar-refractivity contribution in [3.8, 4) is 0 Å². The van der Waals surface area contributed by atoms with Gasteiger partial charge in [-0.05, 0) is 23.8 Å². The molecule has 2 aromatic carbocycles. The van der Waals surface area contributed by atoms with E-state index in [0.717, 1.165) is 15.4 Å². The van der Waals surface area contributed by atoms with E-state index < -0.39 is 4.92 Å². The second-order valence-electron chi connectivity index (χ2n) is 3.62. The predicted octanol–water partition coefficient (Wildman–Crippen LogP) is 3.24. The number of nitro groups is 1. The SMILES string of the molecule is O=[N+]([O-])c1ccc(Sc2ccccc2CO)cc1. The highest BCUT2D eigenvalue weighted by Crippen LogP contribution is 2.31. The van der Waals surface area contributed by atoms with E-state index in [0.29, 0.717) is 0 Å². The molecule has 0 amide bonds. The molecular weight excluding hydrogens is 250 g/mol. The van der Waals surface area contributed by atoms with Gasteiger partial charge in [-0.1, -0.05) is 30.0 Å². The first-order chi connectivity index (χ1) is 8.70. The van der Waals surface area contributed by atoms with Gasteiger partial charge in [-0.3, -0.25) is 10.1 Å². The minimum absolute atomic E-state index is 0.0177. The zero-order valence-electron chi connectivity index (χ0n) is 9.45. The summed E-state index contributed by atoms with van der Waals surface area (Å²) in [7, 11) is 0. The Balaban J connectivity index is 2.21. The molecule has 0 atom stereocenters. The molecule has 0 aliphatic heterocycles. The molecule has 0 aromatic heterocycles. The second-order valence-corrected chi connectivity index (χ2v) is 4.73. The smallest absolute Gasteiger partial charge is 0.269 e. The molecule has 1 N–H and O–H groups in total. The molecule has 0 saturated carbocycles. The molecule has 0 bridgehead atoms. The Hall–Kier alpha value is -1.85. The molecule has 0 spiro atoms. The van der Waals surface area contributed by atoms with E-state index in [-0.39, 0.29) is 12.3 Å². The Morgan fingerprint density at radius 2 is 1.78 bits per heavy atom. The van der Waals surface area contributed by atoms with Crippen LogP contribution in [0.5, 0.6) is 0 Å². The number of rotatable bonds is 4. The molecule has 0 saturated heterocycles. The standard InChI is InChI=1S/C13H11NO3S/c15-9-10-3-1-2-4-13(10)18-12-7-5-11(6-8-12)14(16)17/h1-8,15H,9H2. The maximum atomic E-state index is 10.5. The van der Waals surface area contributed by atoms with E-state index >= 15 is 0 Å². The van der Waals surface area contributed by atoms with Crippen LogP contribution >= 0.6 is 11.8 Å². The molecule has 0 radical (unpaired) electrons. The van der Waals surface area contributed by atoms with Crippen molar-refractivity contribution in [1.82, 2.24) is 0 Å². The molecule has 2 aromatic rings. The lowest BCUT2D eigenvalue weighted by Gasteiger charge is -2.06. The molecule has 0 unspecified atom stereocenters. The van der Waals surface area contributed by atoms with Crippen LogP contribution in [-0.2, 0) is 6.61 Å². The molecular formula is C13H11NO3S. The van der Waals surface area contributed by atoms with E-state index in [2.05, 4.69) is 0 Å². The molecule has 92 valence electrons. The Morgan fingerprint density at radius 3 is 2.39 bits per heavy atom. The number of nitro benzene ring substituents is 1. The van der Waals surface area contributed by atoms with Crippen LogP contribution in [0.2, 0.25) is 0 Å².